The normalized spacial score (nSPS) is 13.0. The Morgan fingerprint density at radius 1 is 1.32 bits per heavy atom. The lowest BCUT2D eigenvalue weighted by Gasteiger charge is -2.21. The summed E-state index contributed by atoms with van der Waals surface area (Å²) in [5, 5.41) is 28.5. The van der Waals surface area contributed by atoms with Gasteiger partial charge >= 0.3 is 6.03 Å². The van der Waals surface area contributed by atoms with Gasteiger partial charge in [0.05, 0.1) is 16.9 Å². The lowest BCUT2D eigenvalue weighted by Crippen LogP contribution is -2.17. The molecule has 2 amide bonds. The summed E-state index contributed by atoms with van der Waals surface area (Å²) in [6, 6.07) is 4.16. The summed E-state index contributed by atoms with van der Waals surface area (Å²) in [7, 11) is -1.42. The summed E-state index contributed by atoms with van der Waals surface area (Å²) in [6.07, 6.45) is 0. The summed E-state index contributed by atoms with van der Waals surface area (Å²) in [4.78, 5) is 12.7. The van der Waals surface area contributed by atoms with Crippen LogP contribution in [0.4, 0.5) is 14.9 Å². The van der Waals surface area contributed by atoms with Crippen LogP contribution in [0.2, 0.25) is 0 Å². The van der Waals surface area contributed by atoms with Gasteiger partial charge in [0.2, 0.25) is 0 Å². The Hall–Kier alpha value is -2.54. The van der Waals surface area contributed by atoms with E-state index in [1.165, 1.54) is 6.07 Å². The average molecular weight is 449 g/mol. The molecule has 0 fully saturated rings. The van der Waals surface area contributed by atoms with Gasteiger partial charge in [0.1, 0.15) is 17.6 Å². The second-order valence-electron chi connectivity index (χ2n) is 8.47. The molecule has 0 spiro atoms. The van der Waals surface area contributed by atoms with Crippen molar-refractivity contribution in [2.24, 2.45) is 9.50 Å². The second-order valence-corrected chi connectivity index (χ2v) is 9.68. The maximum atomic E-state index is 14.9. The third-order valence-electron chi connectivity index (χ3n) is 4.82. The highest BCUT2D eigenvalue weighted by Gasteiger charge is 2.25. The number of halogens is 1. The fourth-order valence-corrected chi connectivity index (χ4v) is 4.11. The van der Waals surface area contributed by atoms with Gasteiger partial charge in [0, 0.05) is 22.0 Å². The number of nitriles is 1. The van der Waals surface area contributed by atoms with Crippen molar-refractivity contribution in [3.63, 3.8) is 0 Å². The van der Waals surface area contributed by atoms with E-state index in [2.05, 4.69) is 9.68 Å². The van der Waals surface area contributed by atoms with Gasteiger partial charge < -0.3 is 14.8 Å². The molecule has 0 aliphatic carbocycles. The molecule has 0 saturated heterocycles. The number of nitrogens with zero attached hydrogens (tertiary/aromatic N) is 2. The van der Waals surface area contributed by atoms with Gasteiger partial charge in [-0.15, -0.1) is 4.36 Å². The first-order valence-electron chi connectivity index (χ1n) is 9.89. The van der Waals surface area contributed by atoms with Crippen LogP contribution < -0.4 is 10.5 Å². The van der Waals surface area contributed by atoms with Crippen molar-refractivity contribution in [1.29, 1.82) is 5.26 Å². The van der Waals surface area contributed by atoms with E-state index in [1.807, 2.05) is 19.9 Å². The molecule has 2 rings (SSSR count). The lowest BCUT2D eigenvalue weighted by molar-refractivity contribution is 0.0769. The predicted octanol–water partition coefficient (Wildman–Crippen LogP) is 5.34. The van der Waals surface area contributed by atoms with Gasteiger partial charge in [0.25, 0.3) is 0 Å². The summed E-state index contributed by atoms with van der Waals surface area (Å²) in [5.41, 5.74) is 0.559. The Morgan fingerprint density at radius 2 is 1.94 bits per heavy atom. The number of benzene rings is 1. The van der Waals surface area contributed by atoms with E-state index in [0.29, 0.717) is 22.6 Å². The van der Waals surface area contributed by atoms with E-state index in [9.17, 15) is 19.6 Å². The van der Waals surface area contributed by atoms with Crippen LogP contribution in [0.3, 0.4) is 0 Å². The standard InChI is InChI=1S/C22H29FN4O3S/c1-11(2)15-8-14(10-24)19(23)18(12(3)4)20(15)26-21(28)27-31(25)17-9-16(13(5)30-17)22(6,7)29/h8-9,11-12,29H,1-7H3,(H3,25,26,27,28). The van der Waals surface area contributed by atoms with E-state index < -0.39 is 28.3 Å². The molecule has 0 aliphatic rings. The molecule has 0 radical (unpaired) electrons. The smallest absolute Gasteiger partial charge is 0.352 e. The first kappa shape index (κ1) is 24.7. The third kappa shape index (κ3) is 5.39. The van der Waals surface area contributed by atoms with Crippen molar-refractivity contribution in [2.45, 2.75) is 71.0 Å². The van der Waals surface area contributed by atoms with E-state index in [4.69, 9.17) is 9.56 Å². The van der Waals surface area contributed by atoms with E-state index in [-0.39, 0.29) is 28.1 Å². The maximum absolute atomic E-state index is 14.9. The molecule has 0 aliphatic heterocycles. The Labute approximate surface area is 184 Å². The molecule has 9 heteroatoms. The van der Waals surface area contributed by atoms with Crippen LogP contribution in [-0.2, 0) is 16.5 Å². The van der Waals surface area contributed by atoms with Crippen LogP contribution in [-0.4, -0.2) is 11.1 Å². The van der Waals surface area contributed by atoms with Gasteiger partial charge in [-0.2, -0.15) is 5.26 Å². The highest BCUT2D eigenvalue weighted by molar-refractivity contribution is 7.85. The van der Waals surface area contributed by atoms with Gasteiger partial charge in [-0.1, -0.05) is 27.7 Å². The number of anilines is 1. The molecule has 1 aromatic carbocycles. The van der Waals surface area contributed by atoms with Crippen LogP contribution in [0, 0.1) is 24.1 Å². The summed E-state index contributed by atoms with van der Waals surface area (Å²) in [5.74, 6) is -0.516. The molecular weight excluding hydrogens is 419 g/mol. The first-order valence-corrected chi connectivity index (χ1v) is 11.1. The molecule has 1 atom stereocenters. The van der Waals surface area contributed by atoms with Crippen molar-refractivity contribution in [3.8, 4) is 6.07 Å². The van der Waals surface area contributed by atoms with E-state index >= 15 is 0 Å². The fourth-order valence-electron chi connectivity index (χ4n) is 3.35. The summed E-state index contributed by atoms with van der Waals surface area (Å²) >= 11 is 0. The number of nitrogens with two attached hydrogens (primary N) is 1. The Kier molecular flexibility index (Phi) is 7.42. The molecule has 1 unspecified atom stereocenters. The molecule has 0 saturated carbocycles. The maximum Gasteiger partial charge on any atom is 0.352 e. The molecule has 1 heterocycles. The predicted molar refractivity (Wildman–Crippen MR) is 119 cm³/mol. The highest BCUT2D eigenvalue weighted by Crippen LogP contribution is 2.36. The molecule has 7 nitrogen and oxygen atoms in total. The number of hydrogen-bond acceptors (Lipinski definition) is 4. The number of furan rings is 1. The quantitative estimate of drug-likeness (QED) is 0.569. The van der Waals surface area contributed by atoms with Crippen LogP contribution >= 0.6 is 0 Å². The van der Waals surface area contributed by atoms with Gasteiger partial charge in [-0.05, 0) is 50.3 Å². The third-order valence-corrected chi connectivity index (χ3v) is 5.80. The number of aliphatic hydroxyl groups is 1. The number of carbonyl (C=O) groups is 1. The van der Waals surface area contributed by atoms with Crippen LogP contribution in [0.5, 0.6) is 0 Å². The molecule has 4 N–H and O–H groups in total. The lowest BCUT2D eigenvalue weighted by atomic mass is 9.90. The van der Waals surface area contributed by atoms with E-state index in [0.717, 1.165) is 0 Å². The van der Waals surface area contributed by atoms with Crippen molar-refractivity contribution in [2.75, 3.05) is 5.32 Å². The number of carbonyl (C=O) groups excluding carboxylic acids is 1. The first-order chi connectivity index (χ1) is 14.3. The van der Waals surface area contributed by atoms with Crippen molar-refractivity contribution in [3.05, 3.63) is 46.0 Å². The van der Waals surface area contributed by atoms with Crippen molar-refractivity contribution < 1.29 is 18.7 Å². The zero-order valence-electron chi connectivity index (χ0n) is 18.8. The Morgan fingerprint density at radius 3 is 2.39 bits per heavy atom. The summed E-state index contributed by atoms with van der Waals surface area (Å²) in [6.45, 7) is 12.3. The molecular formula is C22H29FN4O3S. The van der Waals surface area contributed by atoms with Crippen molar-refractivity contribution in [1.82, 2.24) is 0 Å². The minimum atomic E-state index is -1.42. The fraction of sp³-hybridized carbons (Fsp3) is 0.455. The monoisotopic (exact) mass is 448 g/mol. The minimum Gasteiger partial charge on any atom is -0.453 e. The number of hydrogen-bond donors (Lipinski definition) is 3. The molecule has 168 valence electrons. The molecule has 1 aromatic heterocycles. The Bertz CT molecular complexity index is 1080. The molecule has 2 aromatic rings. The number of urea groups is 1. The van der Waals surface area contributed by atoms with Gasteiger partial charge in [-0.3, -0.25) is 5.14 Å². The molecule has 31 heavy (non-hydrogen) atoms. The largest absolute Gasteiger partial charge is 0.453 e. The van der Waals surface area contributed by atoms with Gasteiger partial charge in [-0.25, -0.2) is 9.18 Å². The van der Waals surface area contributed by atoms with E-state index in [1.54, 1.807) is 40.7 Å². The zero-order valence-corrected chi connectivity index (χ0v) is 19.6. The van der Waals surface area contributed by atoms with Crippen LogP contribution in [0.25, 0.3) is 0 Å². The van der Waals surface area contributed by atoms with Crippen LogP contribution in [0.15, 0.2) is 26.0 Å². The Balaban J connectivity index is 2.48. The van der Waals surface area contributed by atoms with Gasteiger partial charge in [0.15, 0.2) is 5.09 Å². The SMILES string of the molecule is Cc1oc(S(N)=NC(=O)Nc2c(C(C)C)cc(C#N)c(F)c2C(C)C)cc1C(C)(C)O. The number of nitrogens with one attached hydrogen (secondary N) is 1. The number of rotatable bonds is 5. The number of aryl methyl sites for hydroxylation is 1. The average Bonchev–Trinajstić information content (AvgIpc) is 3.03. The summed E-state index contributed by atoms with van der Waals surface area (Å²) < 4.78 is 24.4. The highest BCUT2D eigenvalue weighted by atomic mass is 32.2. The van der Waals surface area contributed by atoms with Crippen LogP contribution in [0.1, 0.15) is 81.4 Å². The minimum absolute atomic E-state index is 0.0638. The topological polar surface area (TPSA) is 125 Å². The second kappa shape index (κ2) is 9.30. The molecule has 0 bridgehead atoms. The van der Waals surface area contributed by atoms with Crippen molar-refractivity contribution >= 4 is 22.6 Å². The number of amides is 2. The zero-order chi connectivity index (χ0) is 23.7.